The van der Waals surface area contributed by atoms with Gasteiger partial charge >= 0.3 is 0 Å². The highest BCUT2D eigenvalue weighted by molar-refractivity contribution is 7.89. The summed E-state index contributed by atoms with van der Waals surface area (Å²) in [5, 5.41) is 4.38. The first-order chi connectivity index (χ1) is 11.3. The zero-order valence-electron chi connectivity index (χ0n) is 14.6. The lowest BCUT2D eigenvalue weighted by molar-refractivity contribution is -0.0861. The van der Waals surface area contributed by atoms with E-state index in [1.807, 2.05) is 18.5 Å². The molecule has 0 aliphatic carbocycles. The van der Waals surface area contributed by atoms with Crippen LogP contribution < -0.4 is 0 Å². The molecule has 8 nitrogen and oxygen atoms in total. The van der Waals surface area contributed by atoms with Crippen LogP contribution in [0, 0.1) is 13.8 Å². The molecule has 1 aromatic heterocycles. The van der Waals surface area contributed by atoms with Crippen molar-refractivity contribution in [2.45, 2.75) is 51.9 Å². The highest BCUT2D eigenvalue weighted by atomic mass is 32.2. The summed E-state index contributed by atoms with van der Waals surface area (Å²) in [7, 11) is -3.24. The molecule has 2 atom stereocenters. The Hall–Kier alpha value is -1.03. The van der Waals surface area contributed by atoms with Crippen LogP contribution in [0.4, 0.5) is 0 Å². The molecule has 3 rings (SSSR count). The van der Waals surface area contributed by atoms with Crippen molar-refractivity contribution in [3.05, 3.63) is 11.6 Å². The van der Waals surface area contributed by atoms with Crippen molar-refractivity contribution in [3.63, 3.8) is 0 Å². The van der Waals surface area contributed by atoms with Crippen molar-refractivity contribution in [3.8, 4) is 0 Å². The summed E-state index contributed by atoms with van der Waals surface area (Å²) < 4.78 is 39.8. The first-order valence-corrected chi connectivity index (χ1v) is 10.1. The quantitative estimate of drug-likeness (QED) is 0.779. The largest absolute Gasteiger partial charge is 0.377 e. The maximum atomic E-state index is 12.3. The second-order valence-corrected chi connectivity index (χ2v) is 8.89. The maximum Gasteiger partial charge on any atom is 0.214 e. The molecule has 1 spiro atoms. The van der Waals surface area contributed by atoms with Gasteiger partial charge in [0.25, 0.3) is 0 Å². The van der Waals surface area contributed by atoms with Crippen molar-refractivity contribution >= 4 is 10.0 Å². The van der Waals surface area contributed by atoms with E-state index in [2.05, 4.69) is 10.1 Å². The monoisotopic (exact) mass is 358 g/mol. The summed E-state index contributed by atoms with van der Waals surface area (Å²) in [5.41, 5.74) is -0.549. The average Bonchev–Trinajstić information content (AvgIpc) is 2.97. The molecule has 0 aromatic carbocycles. The van der Waals surface area contributed by atoms with Gasteiger partial charge in [0, 0.05) is 13.1 Å². The normalized spacial score (nSPS) is 29.2. The van der Waals surface area contributed by atoms with Crippen molar-refractivity contribution in [2.24, 2.45) is 0 Å². The Morgan fingerprint density at radius 3 is 2.83 bits per heavy atom. The third-order valence-electron chi connectivity index (χ3n) is 4.75. The fourth-order valence-corrected chi connectivity index (χ4v) is 4.61. The van der Waals surface area contributed by atoms with Gasteiger partial charge < -0.3 is 9.47 Å². The number of nitrogens with zero attached hydrogens (tertiary/aromatic N) is 4. The molecule has 24 heavy (non-hydrogen) atoms. The Balaban J connectivity index is 1.71. The lowest BCUT2D eigenvalue weighted by atomic mass is 10.0. The highest BCUT2D eigenvalue weighted by Gasteiger charge is 2.45. The van der Waals surface area contributed by atoms with Crippen LogP contribution in [0.15, 0.2) is 0 Å². The van der Waals surface area contributed by atoms with E-state index < -0.39 is 15.6 Å². The maximum absolute atomic E-state index is 12.3. The Bertz CT molecular complexity index is 690. The van der Waals surface area contributed by atoms with Gasteiger partial charge in [0.15, 0.2) is 0 Å². The molecule has 0 amide bonds. The van der Waals surface area contributed by atoms with Crippen LogP contribution in [0.1, 0.15) is 31.4 Å². The summed E-state index contributed by atoms with van der Waals surface area (Å²) in [6.07, 6.45) is 1.65. The van der Waals surface area contributed by atoms with Gasteiger partial charge in [-0.1, -0.05) is 0 Å². The molecule has 2 fully saturated rings. The van der Waals surface area contributed by atoms with Crippen LogP contribution in [-0.4, -0.2) is 71.2 Å². The highest BCUT2D eigenvalue weighted by Crippen LogP contribution is 2.34. The van der Waals surface area contributed by atoms with Crippen molar-refractivity contribution in [2.75, 3.05) is 32.1 Å². The zero-order valence-corrected chi connectivity index (χ0v) is 15.4. The minimum absolute atomic E-state index is 0.00215. The zero-order chi connectivity index (χ0) is 17.4. The lowest BCUT2D eigenvalue weighted by Crippen LogP contribution is -2.47. The third-order valence-corrected chi connectivity index (χ3v) is 6.58. The van der Waals surface area contributed by atoms with Gasteiger partial charge in [0.1, 0.15) is 17.2 Å². The van der Waals surface area contributed by atoms with E-state index in [-0.39, 0.29) is 11.9 Å². The number of rotatable bonds is 4. The van der Waals surface area contributed by atoms with E-state index in [4.69, 9.17) is 9.47 Å². The predicted octanol–water partition coefficient (Wildman–Crippen LogP) is 0.495. The first-order valence-electron chi connectivity index (χ1n) is 8.45. The average molecular weight is 358 g/mol. The fraction of sp³-hybridized carbons (Fsp3) is 0.867. The molecular weight excluding hydrogens is 332 g/mol. The number of ether oxygens (including phenoxy) is 2. The number of aromatic nitrogens is 3. The number of hydrogen-bond acceptors (Lipinski definition) is 6. The Labute approximate surface area is 143 Å². The minimum Gasteiger partial charge on any atom is -0.377 e. The molecule has 0 radical (unpaired) electrons. The van der Waals surface area contributed by atoms with Gasteiger partial charge in [-0.25, -0.2) is 18.1 Å². The fourth-order valence-electron chi connectivity index (χ4n) is 3.46. The first kappa shape index (κ1) is 17.8. The van der Waals surface area contributed by atoms with E-state index in [1.165, 1.54) is 4.31 Å². The number of sulfonamides is 1. The molecule has 0 bridgehead atoms. The molecule has 0 N–H and O–H groups in total. The van der Waals surface area contributed by atoms with Gasteiger partial charge in [-0.2, -0.15) is 9.40 Å². The van der Waals surface area contributed by atoms with Crippen molar-refractivity contribution in [1.29, 1.82) is 0 Å². The summed E-state index contributed by atoms with van der Waals surface area (Å²) in [6, 6.07) is 0. The second kappa shape index (κ2) is 6.70. The van der Waals surface area contributed by atoms with Crippen LogP contribution >= 0.6 is 0 Å². The van der Waals surface area contributed by atoms with Crippen LogP contribution in [0.2, 0.25) is 0 Å². The van der Waals surface area contributed by atoms with Crippen LogP contribution in [0.25, 0.3) is 0 Å². The molecule has 0 saturated carbocycles. The summed E-state index contributed by atoms with van der Waals surface area (Å²) in [6.45, 7) is 7.71. The molecule has 0 unspecified atom stereocenters. The SMILES string of the molecule is CCS(=O)(=O)N1CCOC[C@@]2(CC[C@H](Cn3nc(C)nc3C)O2)C1. The van der Waals surface area contributed by atoms with Crippen LogP contribution in [0.3, 0.4) is 0 Å². The van der Waals surface area contributed by atoms with E-state index in [0.29, 0.717) is 32.8 Å². The van der Waals surface area contributed by atoms with E-state index in [1.54, 1.807) is 6.92 Å². The van der Waals surface area contributed by atoms with Gasteiger partial charge in [-0.3, -0.25) is 0 Å². The lowest BCUT2D eigenvalue weighted by Gasteiger charge is -2.31. The van der Waals surface area contributed by atoms with E-state index >= 15 is 0 Å². The topological polar surface area (TPSA) is 86.6 Å². The van der Waals surface area contributed by atoms with Crippen molar-refractivity contribution in [1.82, 2.24) is 19.1 Å². The predicted molar refractivity (Wildman–Crippen MR) is 88.2 cm³/mol. The van der Waals surface area contributed by atoms with Gasteiger partial charge in [-0.15, -0.1) is 0 Å². The third kappa shape index (κ3) is 3.63. The molecule has 136 valence electrons. The van der Waals surface area contributed by atoms with Crippen LogP contribution in [0.5, 0.6) is 0 Å². The molecule has 1 aromatic rings. The molecule has 9 heteroatoms. The standard InChI is InChI=1S/C15H26N4O4S/c1-4-24(20,21)18-7-8-22-11-15(10-18)6-5-14(23-15)9-19-13(3)16-12(2)17-19/h14H,4-11H2,1-3H3/t14-,15-/m1/s1. The summed E-state index contributed by atoms with van der Waals surface area (Å²) >= 11 is 0. The minimum atomic E-state index is -3.24. The van der Waals surface area contributed by atoms with Gasteiger partial charge in [0.2, 0.25) is 10.0 Å². The second-order valence-electron chi connectivity index (χ2n) is 6.64. The Kier molecular flexibility index (Phi) is 4.96. The van der Waals surface area contributed by atoms with E-state index in [9.17, 15) is 8.42 Å². The van der Waals surface area contributed by atoms with Crippen LogP contribution in [-0.2, 0) is 26.0 Å². The smallest absolute Gasteiger partial charge is 0.214 e. The Morgan fingerprint density at radius 2 is 2.17 bits per heavy atom. The Morgan fingerprint density at radius 1 is 1.38 bits per heavy atom. The van der Waals surface area contributed by atoms with E-state index in [0.717, 1.165) is 24.5 Å². The van der Waals surface area contributed by atoms with Crippen molar-refractivity contribution < 1.29 is 17.9 Å². The van der Waals surface area contributed by atoms with Gasteiger partial charge in [0.05, 0.1) is 31.6 Å². The molecule has 2 aliphatic rings. The molecule has 2 saturated heterocycles. The van der Waals surface area contributed by atoms with Gasteiger partial charge in [-0.05, 0) is 33.6 Å². The number of aryl methyl sites for hydroxylation is 2. The molecule has 2 aliphatic heterocycles. The summed E-state index contributed by atoms with van der Waals surface area (Å²) in [5.74, 6) is 1.71. The molecular formula is C15H26N4O4S. The summed E-state index contributed by atoms with van der Waals surface area (Å²) in [4.78, 5) is 4.31. The number of hydrogen-bond donors (Lipinski definition) is 0. The molecule has 3 heterocycles.